The van der Waals surface area contributed by atoms with Crippen LogP contribution >= 0.6 is 0 Å². The van der Waals surface area contributed by atoms with E-state index in [0.29, 0.717) is 11.5 Å². The van der Waals surface area contributed by atoms with Gasteiger partial charge in [-0.3, -0.25) is 0 Å². The minimum atomic E-state index is -0.450. The topological polar surface area (TPSA) is 73.1 Å². The number of nitrogens with one attached hydrogen (secondary N) is 1. The fourth-order valence-electron chi connectivity index (χ4n) is 2.07. The Morgan fingerprint density at radius 2 is 1.95 bits per heavy atom. The molecule has 0 saturated carbocycles. The van der Waals surface area contributed by atoms with Crippen LogP contribution in [0.3, 0.4) is 0 Å². The van der Waals surface area contributed by atoms with Crippen molar-refractivity contribution >= 4 is 28.4 Å². The van der Waals surface area contributed by atoms with Crippen molar-refractivity contribution in [2.45, 2.75) is 0 Å². The Labute approximate surface area is 120 Å². The number of aromatic nitrogens is 2. The highest BCUT2D eigenvalue weighted by Crippen LogP contribution is 2.27. The molecule has 0 bridgehead atoms. The molecule has 0 saturated heterocycles. The van der Waals surface area contributed by atoms with E-state index in [9.17, 15) is 4.39 Å². The van der Waals surface area contributed by atoms with E-state index >= 15 is 0 Å². The van der Waals surface area contributed by atoms with E-state index in [1.54, 1.807) is 12.1 Å². The van der Waals surface area contributed by atoms with Gasteiger partial charge in [0, 0.05) is 17.1 Å². The second-order valence-electron chi connectivity index (χ2n) is 4.42. The summed E-state index contributed by atoms with van der Waals surface area (Å²) in [6, 6.07) is 12.0. The van der Waals surface area contributed by atoms with E-state index < -0.39 is 5.82 Å². The summed E-state index contributed by atoms with van der Waals surface area (Å²) in [5.41, 5.74) is 6.97. The zero-order valence-corrected chi connectivity index (χ0v) is 11.3. The van der Waals surface area contributed by atoms with Crippen LogP contribution < -0.4 is 15.8 Å². The Hall–Kier alpha value is -2.89. The van der Waals surface area contributed by atoms with Gasteiger partial charge in [-0.25, -0.2) is 9.37 Å². The van der Waals surface area contributed by atoms with Gasteiger partial charge in [-0.1, -0.05) is 12.1 Å². The maximum Gasteiger partial charge on any atom is 0.222 e. The fraction of sp³-hybridized carbons (Fsp3) is 0.0667. The molecular weight excluding hydrogens is 271 g/mol. The van der Waals surface area contributed by atoms with Crippen molar-refractivity contribution in [1.29, 1.82) is 0 Å². The monoisotopic (exact) mass is 284 g/mol. The van der Waals surface area contributed by atoms with Gasteiger partial charge in [0.05, 0.1) is 12.6 Å². The standard InChI is InChI=1S/C15H13FN4O/c1-21-13-7-6-9(8-11(13)16)18-14-10-4-2-3-5-12(10)19-15(17)20-14/h2-8H,1H3,(H3,17,18,19,20). The summed E-state index contributed by atoms with van der Waals surface area (Å²) in [6.45, 7) is 0. The maximum atomic E-state index is 13.7. The first kappa shape index (κ1) is 13.1. The normalized spacial score (nSPS) is 10.6. The van der Waals surface area contributed by atoms with E-state index in [0.717, 1.165) is 10.9 Å². The number of nitrogens with zero attached hydrogens (tertiary/aromatic N) is 2. The average Bonchev–Trinajstić information content (AvgIpc) is 2.47. The Bertz CT molecular complexity index is 807. The van der Waals surface area contributed by atoms with Crippen LogP contribution in [0.5, 0.6) is 5.75 Å². The molecule has 0 aliphatic rings. The molecule has 0 aliphatic heterocycles. The van der Waals surface area contributed by atoms with Crippen LogP contribution in [0.1, 0.15) is 0 Å². The smallest absolute Gasteiger partial charge is 0.222 e. The van der Waals surface area contributed by atoms with E-state index in [4.69, 9.17) is 10.5 Å². The lowest BCUT2D eigenvalue weighted by Gasteiger charge is -2.10. The van der Waals surface area contributed by atoms with Crippen LogP contribution in [0.4, 0.5) is 21.8 Å². The molecule has 0 spiro atoms. The van der Waals surface area contributed by atoms with Crippen molar-refractivity contribution in [1.82, 2.24) is 9.97 Å². The molecule has 1 aromatic heterocycles. The number of para-hydroxylation sites is 1. The number of anilines is 3. The lowest BCUT2D eigenvalue weighted by Crippen LogP contribution is -2.01. The molecule has 2 aromatic carbocycles. The Balaban J connectivity index is 2.03. The summed E-state index contributed by atoms with van der Waals surface area (Å²) < 4.78 is 18.6. The number of fused-ring (bicyclic) bond motifs is 1. The van der Waals surface area contributed by atoms with Crippen LogP contribution in [0.15, 0.2) is 42.5 Å². The number of methoxy groups -OCH3 is 1. The van der Waals surface area contributed by atoms with Crippen LogP contribution in [-0.2, 0) is 0 Å². The Morgan fingerprint density at radius 3 is 2.71 bits per heavy atom. The molecule has 5 nitrogen and oxygen atoms in total. The molecule has 0 aliphatic carbocycles. The molecule has 3 rings (SSSR count). The van der Waals surface area contributed by atoms with E-state index in [2.05, 4.69) is 15.3 Å². The average molecular weight is 284 g/mol. The fourth-order valence-corrected chi connectivity index (χ4v) is 2.07. The van der Waals surface area contributed by atoms with Gasteiger partial charge in [-0.15, -0.1) is 0 Å². The Morgan fingerprint density at radius 1 is 1.14 bits per heavy atom. The van der Waals surface area contributed by atoms with Gasteiger partial charge in [0.15, 0.2) is 11.6 Å². The molecule has 0 amide bonds. The van der Waals surface area contributed by atoms with Crippen molar-refractivity contribution in [3.63, 3.8) is 0 Å². The van der Waals surface area contributed by atoms with Crippen molar-refractivity contribution in [2.75, 3.05) is 18.2 Å². The number of hydrogen-bond acceptors (Lipinski definition) is 5. The second kappa shape index (κ2) is 5.24. The van der Waals surface area contributed by atoms with Crippen molar-refractivity contribution < 1.29 is 9.13 Å². The minimum Gasteiger partial charge on any atom is -0.494 e. The maximum absolute atomic E-state index is 13.7. The van der Waals surface area contributed by atoms with Gasteiger partial charge < -0.3 is 15.8 Å². The van der Waals surface area contributed by atoms with Gasteiger partial charge in [0.25, 0.3) is 0 Å². The van der Waals surface area contributed by atoms with Crippen molar-refractivity contribution in [2.24, 2.45) is 0 Å². The number of ether oxygens (including phenoxy) is 1. The van der Waals surface area contributed by atoms with Gasteiger partial charge >= 0.3 is 0 Å². The molecule has 1 heterocycles. The number of halogens is 1. The predicted molar refractivity (Wildman–Crippen MR) is 80.2 cm³/mol. The van der Waals surface area contributed by atoms with Gasteiger partial charge in [0.1, 0.15) is 5.82 Å². The molecule has 3 aromatic rings. The third-order valence-corrected chi connectivity index (χ3v) is 3.04. The third kappa shape index (κ3) is 2.55. The molecule has 0 radical (unpaired) electrons. The third-order valence-electron chi connectivity index (χ3n) is 3.04. The second-order valence-corrected chi connectivity index (χ2v) is 4.42. The number of hydrogen-bond donors (Lipinski definition) is 2. The molecule has 3 N–H and O–H groups in total. The van der Waals surface area contributed by atoms with Crippen LogP contribution in [-0.4, -0.2) is 17.1 Å². The number of rotatable bonds is 3. The lowest BCUT2D eigenvalue weighted by atomic mass is 10.2. The molecule has 0 unspecified atom stereocenters. The van der Waals surface area contributed by atoms with E-state index in [-0.39, 0.29) is 11.7 Å². The largest absolute Gasteiger partial charge is 0.494 e. The summed E-state index contributed by atoms with van der Waals surface area (Å²) in [4.78, 5) is 8.33. The quantitative estimate of drug-likeness (QED) is 0.773. The molecule has 106 valence electrons. The van der Waals surface area contributed by atoms with Gasteiger partial charge in [-0.2, -0.15) is 4.98 Å². The number of nitrogen functional groups attached to an aromatic ring is 1. The van der Waals surface area contributed by atoms with E-state index in [1.807, 2.05) is 24.3 Å². The number of nitrogens with two attached hydrogens (primary N) is 1. The summed E-state index contributed by atoms with van der Waals surface area (Å²) in [5, 5.41) is 3.86. The van der Waals surface area contributed by atoms with Crippen LogP contribution in [0.2, 0.25) is 0 Å². The number of benzene rings is 2. The van der Waals surface area contributed by atoms with Crippen molar-refractivity contribution in [3.05, 3.63) is 48.3 Å². The first-order valence-corrected chi connectivity index (χ1v) is 6.30. The first-order valence-electron chi connectivity index (χ1n) is 6.30. The Kier molecular flexibility index (Phi) is 3.27. The van der Waals surface area contributed by atoms with E-state index in [1.165, 1.54) is 13.2 Å². The van der Waals surface area contributed by atoms with Crippen LogP contribution in [0.25, 0.3) is 10.9 Å². The molecule has 6 heteroatoms. The van der Waals surface area contributed by atoms with Gasteiger partial charge in [0.2, 0.25) is 5.95 Å². The lowest BCUT2D eigenvalue weighted by molar-refractivity contribution is 0.386. The summed E-state index contributed by atoms with van der Waals surface area (Å²) in [7, 11) is 1.42. The highest BCUT2D eigenvalue weighted by atomic mass is 19.1. The molecular formula is C15H13FN4O. The van der Waals surface area contributed by atoms with Gasteiger partial charge in [-0.05, 0) is 24.3 Å². The zero-order chi connectivity index (χ0) is 14.8. The zero-order valence-electron chi connectivity index (χ0n) is 11.3. The molecule has 0 atom stereocenters. The highest BCUT2D eigenvalue weighted by molar-refractivity contribution is 5.91. The minimum absolute atomic E-state index is 0.158. The summed E-state index contributed by atoms with van der Waals surface area (Å²) in [5.74, 6) is 0.425. The van der Waals surface area contributed by atoms with Crippen molar-refractivity contribution in [3.8, 4) is 5.75 Å². The SMILES string of the molecule is COc1ccc(Nc2nc(N)nc3ccccc23)cc1F. The molecule has 21 heavy (non-hydrogen) atoms. The summed E-state index contributed by atoms with van der Waals surface area (Å²) >= 11 is 0. The summed E-state index contributed by atoms with van der Waals surface area (Å²) in [6.07, 6.45) is 0. The van der Waals surface area contributed by atoms with Crippen LogP contribution in [0, 0.1) is 5.82 Å². The highest BCUT2D eigenvalue weighted by Gasteiger charge is 2.08. The first-order chi connectivity index (χ1) is 10.2. The predicted octanol–water partition coefficient (Wildman–Crippen LogP) is 3.10. The molecule has 0 fully saturated rings.